The van der Waals surface area contributed by atoms with Gasteiger partial charge < -0.3 is 35.4 Å². The number of aryl methyl sites for hydroxylation is 4. The molecule has 0 aliphatic carbocycles. The zero-order valence-corrected chi connectivity index (χ0v) is 38.4. The van der Waals surface area contributed by atoms with Crippen molar-refractivity contribution in [3.8, 4) is 11.5 Å². The second-order valence-corrected chi connectivity index (χ2v) is 15.7. The summed E-state index contributed by atoms with van der Waals surface area (Å²) in [6.45, 7) is 9.17. The Kier molecular flexibility index (Phi) is 13.1. The lowest BCUT2D eigenvalue weighted by molar-refractivity contribution is 0.0991. The van der Waals surface area contributed by atoms with Crippen LogP contribution in [0.4, 0.5) is 17.6 Å². The Labute approximate surface area is 389 Å². The molecular formula is C47H51N15O6. The Morgan fingerprint density at radius 2 is 1.21 bits per heavy atom. The van der Waals surface area contributed by atoms with Crippen LogP contribution in [0, 0.1) is 13.8 Å². The molecule has 0 atom stereocenters. The average molecular weight is 922 g/mol. The van der Waals surface area contributed by atoms with E-state index in [0.717, 1.165) is 16.6 Å². The van der Waals surface area contributed by atoms with E-state index in [9.17, 15) is 19.2 Å². The molecule has 0 saturated carbocycles. The maximum atomic E-state index is 13.9. The summed E-state index contributed by atoms with van der Waals surface area (Å²) >= 11 is 0. The lowest BCUT2D eigenvalue weighted by Gasteiger charge is -2.13. The summed E-state index contributed by atoms with van der Waals surface area (Å²) in [6, 6.07) is 15.5. The van der Waals surface area contributed by atoms with Crippen molar-refractivity contribution < 1.29 is 28.7 Å². The fourth-order valence-corrected chi connectivity index (χ4v) is 7.95. The number of methoxy groups -OCH3 is 1. The molecule has 7 N–H and O–H groups in total. The van der Waals surface area contributed by atoms with Gasteiger partial charge in [0, 0.05) is 55.4 Å². The minimum atomic E-state index is -0.690. The van der Waals surface area contributed by atoms with E-state index in [4.69, 9.17) is 30.9 Å². The van der Waals surface area contributed by atoms with E-state index in [2.05, 4.69) is 31.2 Å². The van der Waals surface area contributed by atoms with E-state index >= 15 is 0 Å². The van der Waals surface area contributed by atoms with Crippen molar-refractivity contribution in [2.45, 2.75) is 60.4 Å². The number of fused-ring (bicyclic) bond motifs is 3. The van der Waals surface area contributed by atoms with E-state index < -0.39 is 23.6 Å². The largest absolute Gasteiger partial charge is 0.494 e. The van der Waals surface area contributed by atoms with Crippen LogP contribution in [0.1, 0.15) is 66.9 Å². The van der Waals surface area contributed by atoms with Crippen LogP contribution in [0.3, 0.4) is 0 Å². The van der Waals surface area contributed by atoms with Gasteiger partial charge in [-0.25, -0.2) is 9.97 Å². The standard InChI is InChI=1S/C47H51N15O6/c1-7-60-36(19-27(3)56-60)44(65)54-46-52-33-22-29(42(48)63)24-38(67-6)40(33)58(46)15-9-10-16-59-41-34(53-47(59)55-45(66)37-20-28(4)57-61(37)8-2)23-30(43(49)64)25-39(41)68-18-12-11-17-62-35-14-13-32(50-5)21-31(35)26-51-62/h9-14,19-26,50H,7-8,15-18H2,1-6H3,(H2,48,63)(H2,49,64)(H,52,54,65)(H,53,55,66)/b10-9+,12-11+. The average Bonchev–Trinajstić information content (AvgIpc) is 4.16. The Morgan fingerprint density at radius 1 is 0.676 bits per heavy atom. The Morgan fingerprint density at radius 3 is 1.72 bits per heavy atom. The summed E-state index contributed by atoms with van der Waals surface area (Å²) < 4.78 is 20.6. The molecule has 0 aliphatic heterocycles. The fourth-order valence-electron chi connectivity index (χ4n) is 7.95. The van der Waals surface area contributed by atoms with E-state index in [1.54, 1.807) is 56.6 Å². The summed E-state index contributed by atoms with van der Waals surface area (Å²) in [6.07, 6.45) is 9.27. The quantitative estimate of drug-likeness (QED) is 0.0636. The third-order valence-electron chi connectivity index (χ3n) is 11.2. The molecule has 0 bridgehead atoms. The summed E-state index contributed by atoms with van der Waals surface area (Å²) in [7, 11) is 3.33. The zero-order valence-electron chi connectivity index (χ0n) is 38.4. The van der Waals surface area contributed by atoms with Gasteiger partial charge in [0.25, 0.3) is 11.8 Å². The number of nitrogens with one attached hydrogen (secondary N) is 3. The van der Waals surface area contributed by atoms with Crippen LogP contribution in [0.2, 0.25) is 0 Å². The highest BCUT2D eigenvalue weighted by Crippen LogP contribution is 2.33. The molecule has 350 valence electrons. The van der Waals surface area contributed by atoms with Crippen LogP contribution in [-0.2, 0) is 32.7 Å². The van der Waals surface area contributed by atoms with Gasteiger partial charge in [0.05, 0.1) is 47.8 Å². The highest BCUT2D eigenvalue weighted by Gasteiger charge is 2.24. The number of primary amides is 2. The second-order valence-electron chi connectivity index (χ2n) is 15.7. The van der Waals surface area contributed by atoms with Crippen molar-refractivity contribution in [3.05, 3.63) is 119 Å². The highest BCUT2D eigenvalue weighted by atomic mass is 16.5. The van der Waals surface area contributed by atoms with Crippen molar-refractivity contribution in [2.75, 3.05) is 36.7 Å². The first-order chi connectivity index (χ1) is 32.8. The molecule has 5 heterocycles. The lowest BCUT2D eigenvalue weighted by Crippen LogP contribution is -2.20. The first kappa shape index (κ1) is 45.8. The predicted molar refractivity (Wildman–Crippen MR) is 257 cm³/mol. The number of benzene rings is 3. The molecule has 21 heteroatoms. The molecular weight excluding hydrogens is 871 g/mol. The van der Waals surface area contributed by atoms with Crippen molar-refractivity contribution in [1.29, 1.82) is 0 Å². The van der Waals surface area contributed by atoms with Gasteiger partial charge in [-0.05, 0) is 88.4 Å². The Hall–Kier alpha value is -8.75. The molecule has 4 amide bonds. The van der Waals surface area contributed by atoms with Gasteiger partial charge in [-0.2, -0.15) is 15.3 Å². The molecule has 8 aromatic rings. The van der Waals surface area contributed by atoms with Crippen LogP contribution >= 0.6 is 0 Å². The van der Waals surface area contributed by atoms with Crippen LogP contribution in [0.5, 0.6) is 11.5 Å². The minimum absolute atomic E-state index is 0.109. The SMILES string of the molecule is CCn1nc(C)cc1C(=O)Nc1nc2cc(C(N)=O)cc(OC)c2n1C/C=C/Cn1c(NC(=O)c2cc(C)nn2CC)nc2cc(C(N)=O)cc(OC/C=C/Cn3ncc4cc(NC)ccc43)c21. The molecule has 0 spiro atoms. The molecule has 0 fully saturated rings. The number of anilines is 3. The number of hydrogen-bond donors (Lipinski definition) is 5. The molecule has 68 heavy (non-hydrogen) atoms. The summed E-state index contributed by atoms with van der Waals surface area (Å²) in [5.41, 5.74) is 17.4. The third-order valence-corrected chi connectivity index (χ3v) is 11.2. The summed E-state index contributed by atoms with van der Waals surface area (Å²) in [5, 5.41) is 23.4. The molecule has 5 aromatic heterocycles. The van der Waals surface area contributed by atoms with E-state index in [-0.39, 0.29) is 42.7 Å². The van der Waals surface area contributed by atoms with Crippen molar-refractivity contribution in [2.24, 2.45) is 11.5 Å². The molecule has 8 rings (SSSR count). The topological polar surface area (TPSA) is 264 Å². The lowest BCUT2D eigenvalue weighted by atomic mass is 10.1. The van der Waals surface area contributed by atoms with Gasteiger partial charge in [-0.1, -0.05) is 18.2 Å². The number of amides is 4. The maximum absolute atomic E-state index is 13.9. The molecule has 21 nitrogen and oxygen atoms in total. The fraction of sp³-hybridized carbons (Fsp3) is 0.255. The number of nitrogens with two attached hydrogens (primary N) is 2. The number of rotatable bonds is 19. The van der Waals surface area contributed by atoms with Gasteiger partial charge in [-0.15, -0.1) is 0 Å². The first-order valence-corrected chi connectivity index (χ1v) is 21.8. The van der Waals surface area contributed by atoms with Crippen LogP contribution in [0.15, 0.2) is 85.1 Å². The van der Waals surface area contributed by atoms with E-state index in [0.29, 0.717) is 76.0 Å². The molecule has 3 aromatic carbocycles. The third kappa shape index (κ3) is 9.21. The number of ether oxygens (including phenoxy) is 2. The molecule has 0 aliphatic rings. The number of carbonyl (C=O) groups is 4. The Balaban J connectivity index is 1.14. The number of allylic oxidation sites excluding steroid dienone is 3. The summed E-state index contributed by atoms with van der Waals surface area (Å²) in [5.74, 6) is -1.32. The van der Waals surface area contributed by atoms with Crippen molar-refractivity contribution in [1.82, 2.24) is 48.4 Å². The van der Waals surface area contributed by atoms with Gasteiger partial charge >= 0.3 is 0 Å². The van der Waals surface area contributed by atoms with E-state index in [1.807, 2.05) is 74.3 Å². The predicted octanol–water partition coefficient (Wildman–Crippen LogP) is 5.43. The smallest absolute Gasteiger partial charge is 0.276 e. The Bertz CT molecular complexity index is 3310. The van der Waals surface area contributed by atoms with Crippen LogP contribution in [-0.4, -0.2) is 92.8 Å². The van der Waals surface area contributed by atoms with Crippen molar-refractivity contribution >= 4 is 74.2 Å². The van der Waals surface area contributed by atoms with Crippen LogP contribution < -0.4 is 36.9 Å². The number of aromatic nitrogens is 10. The zero-order chi connectivity index (χ0) is 48.2. The highest BCUT2D eigenvalue weighted by molar-refractivity contribution is 6.05. The van der Waals surface area contributed by atoms with Gasteiger partial charge in [0.15, 0.2) is 0 Å². The molecule has 0 unspecified atom stereocenters. The first-order valence-electron chi connectivity index (χ1n) is 21.8. The summed E-state index contributed by atoms with van der Waals surface area (Å²) in [4.78, 5) is 62.1. The number of hydrogen-bond acceptors (Lipinski definition) is 12. The van der Waals surface area contributed by atoms with Gasteiger partial charge in [0.2, 0.25) is 23.7 Å². The van der Waals surface area contributed by atoms with Crippen molar-refractivity contribution in [3.63, 3.8) is 0 Å². The number of imidazole rings is 2. The molecule has 0 saturated heterocycles. The number of carbonyl (C=O) groups excluding carboxylic acids is 4. The maximum Gasteiger partial charge on any atom is 0.276 e. The van der Waals surface area contributed by atoms with Crippen LogP contribution in [0.25, 0.3) is 33.0 Å². The monoisotopic (exact) mass is 921 g/mol. The normalized spacial score (nSPS) is 11.7. The molecule has 0 radical (unpaired) electrons. The number of nitrogens with zero attached hydrogens (tertiary/aromatic N) is 10. The van der Waals surface area contributed by atoms with Gasteiger partial charge in [-0.3, -0.25) is 43.9 Å². The second kappa shape index (κ2) is 19.4. The minimum Gasteiger partial charge on any atom is -0.494 e. The van der Waals surface area contributed by atoms with E-state index in [1.165, 1.54) is 19.2 Å². The van der Waals surface area contributed by atoms with Gasteiger partial charge in [0.1, 0.15) is 40.5 Å².